The minimum atomic E-state index is -5.29. The molecule has 0 aromatic carbocycles. The van der Waals surface area contributed by atoms with Gasteiger partial charge in [-0.25, -0.2) is 8.42 Å². The first kappa shape index (κ1) is 23.0. The van der Waals surface area contributed by atoms with Crippen LogP contribution in [0.5, 0.6) is 0 Å². The molecule has 1 fully saturated rings. The largest absolute Gasteiger partial charge is 0.511 e. The fraction of sp³-hybridized carbons (Fsp3) is 0.625. The van der Waals surface area contributed by atoms with Crippen LogP contribution in [0.1, 0.15) is 30.3 Å². The number of carbonyl (C=O) groups is 1. The number of rotatable bonds is 7. The van der Waals surface area contributed by atoms with Gasteiger partial charge < -0.3 is 20.4 Å². The van der Waals surface area contributed by atoms with Crippen molar-refractivity contribution >= 4 is 21.9 Å². The summed E-state index contributed by atoms with van der Waals surface area (Å²) in [5.41, 5.74) is -5.29. The summed E-state index contributed by atoms with van der Waals surface area (Å²) in [6.07, 6.45) is 1.83. The van der Waals surface area contributed by atoms with E-state index in [0.29, 0.717) is 16.8 Å². The molecule has 9 nitrogen and oxygen atoms in total. The van der Waals surface area contributed by atoms with Gasteiger partial charge in [0.1, 0.15) is 0 Å². The summed E-state index contributed by atoms with van der Waals surface area (Å²) >= 11 is 0. The molecule has 1 aliphatic rings. The Morgan fingerprint density at radius 3 is 2.55 bits per heavy atom. The zero-order valence-corrected chi connectivity index (χ0v) is 16.6. The van der Waals surface area contributed by atoms with E-state index in [1.54, 1.807) is 6.07 Å². The normalized spacial score (nSPS) is 17.2. The van der Waals surface area contributed by atoms with E-state index in [2.05, 4.69) is 20.9 Å². The second-order valence-electron chi connectivity index (χ2n) is 6.26. The van der Waals surface area contributed by atoms with Gasteiger partial charge in [-0.05, 0) is 31.9 Å². The minimum absolute atomic E-state index is 0.194. The Morgan fingerprint density at radius 2 is 2.00 bits per heavy atom. The van der Waals surface area contributed by atoms with Crippen molar-refractivity contribution in [3.8, 4) is 0 Å². The van der Waals surface area contributed by atoms with E-state index in [1.165, 1.54) is 12.3 Å². The third kappa shape index (κ3) is 6.35. The topological polar surface area (TPSA) is 116 Å². The number of halogens is 3. The predicted octanol–water partition coefficient (Wildman–Crippen LogP) is 0.879. The van der Waals surface area contributed by atoms with Crippen molar-refractivity contribution in [2.45, 2.75) is 31.3 Å². The highest BCUT2D eigenvalue weighted by molar-refractivity contribution is 7.90. The monoisotopic (exact) mass is 439 g/mol. The molecule has 1 aliphatic heterocycles. The van der Waals surface area contributed by atoms with Gasteiger partial charge in [-0.15, -0.1) is 0 Å². The van der Waals surface area contributed by atoms with Gasteiger partial charge in [0.25, 0.3) is 5.91 Å². The Morgan fingerprint density at radius 1 is 1.31 bits per heavy atom. The molecule has 0 radical (unpaired) electrons. The van der Waals surface area contributed by atoms with Crippen molar-refractivity contribution in [2.75, 3.05) is 32.7 Å². The maximum Gasteiger partial charge on any atom is 0.511 e. The summed E-state index contributed by atoms with van der Waals surface area (Å²) in [7, 11) is -5.29. The highest BCUT2D eigenvalue weighted by atomic mass is 32.2. The molecule has 164 valence electrons. The standard InChI is InChI=1S/C16H24F3N5O4S/c1-2-20-15(22-8-7-21-14(25)13-4-3-11-28-13)23-12-5-9-24(10-6-12)29(26,27)16(17,18)19/h3-4,11-12H,2,5-10H2,1H3,(H,21,25)(H2,20,22,23). The molecular formula is C16H24F3N5O4S. The Balaban J connectivity index is 1.81. The van der Waals surface area contributed by atoms with Gasteiger partial charge >= 0.3 is 15.5 Å². The second kappa shape index (κ2) is 9.96. The van der Waals surface area contributed by atoms with E-state index in [0.717, 1.165) is 0 Å². The number of nitrogens with one attached hydrogen (secondary N) is 3. The highest BCUT2D eigenvalue weighted by Gasteiger charge is 2.50. The van der Waals surface area contributed by atoms with Gasteiger partial charge in [-0.1, -0.05) is 0 Å². The molecule has 0 spiro atoms. The van der Waals surface area contributed by atoms with E-state index in [-0.39, 0.29) is 56.7 Å². The molecule has 0 aliphatic carbocycles. The molecule has 1 aromatic heterocycles. The average Bonchev–Trinajstić information content (AvgIpc) is 3.19. The van der Waals surface area contributed by atoms with Gasteiger partial charge in [0.15, 0.2) is 11.7 Å². The molecule has 1 saturated heterocycles. The van der Waals surface area contributed by atoms with Crippen LogP contribution in [0.15, 0.2) is 27.8 Å². The first-order valence-electron chi connectivity index (χ1n) is 9.08. The molecule has 1 aromatic rings. The molecule has 0 bridgehead atoms. The van der Waals surface area contributed by atoms with E-state index in [1.807, 2.05) is 6.92 Å². The van der Waals surface area contributed by atoms with Crippen molar-refractivity contribution in [1.29, 1.82) is 0 Å². The van der Waals surface area contributed by atoms with Crippen molar-refractivity contribution in [3.05, 3.63) is 24.2 Å². The summed E-state index contributed by atoms with van der Waals surface area (Å²) in [4.78, 5) is 16.1. The summed E-state index contributed by atoms with van der Waals surface area (Å²) in [6, 6.07) is 2.92. The number of furan rings is 1. The Hall–Kier alpha value is -2.28. The van der Waals surface area contributed by atoms with Crippen LogP contribution in [0.3, 0.4) is 0 Å². The number of piperidine rings is 1. The lowest BCUT2D eigenvalue weighted by atomic mass is 10.1. The number of hydrogen-bond donors (Lipinski definition) is 3. The maximum absolute atomic E-state index is 12.6. The minimum Gasteiger partial charge on any atom is -0.459 e. The number of amides is 1. The number of guanidine groups is 1. The molecule has 13 heteroatoms. The van der Waals surface area contributed by atoms with Crippen LogP contribution in [-0.2, 0) is 10.0 Å². The van der Waals surface area contributed by atoms with E-state index in [4.69, 9.17) is 4.42 Å². The van der Waals surface area contributed by atoms with Crippen LogP contribution < -0.4 is 16.0 Å². The first-order valence-corrected chi connectivity index (χ1v) is 10.5. The fourth-order valence-corrected chi connectivity index (χ4v) is 3.72. The van der Waals surface area contributed by atoms with Crippen molar-refractivity contribution < 1.29 is 30.8 Å². The number of aliphatic imine (C=N–C) groups is 1. The zero-order chi connectivity index (χ0) is 21.5. The number of nitrogens with zero attached hydrogens (tertiary/aromatic N) is 2. The molecule has 2 rings (SSSR count). The van der Waals surface area contributed by atoms with Gasteiger partial charge in [-0.3, -0.25) is 9.79 Å². The summed E-state index contributed by atoms with van der Waals surface area (Å²) in [6.45, 7) is 2.50. The number of carbonyl (C=O) groups excluding carboxylic acids is 1. The van der Waals surface area contributed by atoms with E-state index >= 15 is 0 Å². The molecular weight excluding hydrogens is 415 g/mol. The van der Waals surface area contributed by atoms with Crippen molar-refractivity contribution in [2.24, 2.45) is 4.99 Å². The van der Waals surface area contributed by atoms with Gasteiger partial charge in [0.2, 0.25) is 0 Å². The predicted molar refractivity (Wildman–Crippen MR) is 99.7 cm³/mol. The van der Waals surface area contributed by atoms with Crippen LogP contribution in [-0.4, -0.2) is 68.9 Å². The summed E-state index contributed by atoms with van der Waals surface area (Å²) in [5, 5.41) is 8.74. The Bertz CT molecular complexity index is 788. The third-order valence-corrected chi connectivity index (χ3v) is 5.81. The van der Waals surface area contributed by atoms with Gasteiger partial charge in [0.05, 0.1) is 12.8 Å². The van der Waals surface area contributed by atoms with Crippen LogP contribution in [0.4, 0.5) is 13.2 Å². The highest BCUT2D eigenvalue weighted by Crippen LogP contribution is 2.28. The van der Waals surface area contributed by atoms with E-state index in [9.17, 15) is 26.4 Å². The zero-order valence-electron chi connectivity index (χ0n) is 15.8. The maximum atomic E-state index is 12.6. The molecule has 0 atom stereocenters. The number of hydrogen-bond acceptors (Lipinski definition) is 5. The summed E-state index contributed by atoms with van der Waals surface area (Å²) in [5.74, 6) is 0.276. The number of sulfonamides is 1. The second-order valence-corrected chi connectivity index (χ2v) is 8.19. The Kier molecular flexibility index (Phi) is 7.90. The quantitative estimate of drug-likeness (QED) is 0.330. The lowest BCUT2D eigenvalue weighted by Gasteiger charge is -2.32. The van der Waals surface area contributed by atoms with Crippen LogP contribution in [0.25, 0.3) is 0 Å². The lowest BCUT2D eigenvalue weighted by molar-refractivity contribution is -0.0494. The lowest BCUT2D eigenvalue weighted by Crippen LogP contribution is -2.51. The van der Waals surface area contributed by atoms with Crippen molar-refractivity contribution in [1.82, 2.24) is 20.3 Å². The smallest absolute Gasteiger partial charge is 0.459 e. The van der Waals surface area contributed by atoms with Crippen LogP contribution >= 0.6 is 0 Å². The molecule has 3 N–H and O–H groups in total. The van der Waals surface area contributed by atoms with E-state index < -0.39 is 15.5 Å². The van der Waals surface area contributed by atoms with Gasteiger partial charge in [0, 0.05) is 32.2 Å². The van der Waals surface area contributed by atoms with Gasteiger partial charge in [-0.2, -0.15) is 17.5 Å². The first-order chi connectivity index (χ1) is 13.6. The SMILES string of the molecule is CCNC(=NCCNC(=O)c1ccco1)NC1CCN(S(=O)(=O)C(F)(F)F)CC1. The average molecular weight is 439 g/mol. The summed E-state index contributed by atoms with van der Waals surface area (Å²) < 4.78 is 66.3. The Labute approximate surface area is 166 Å². The molecule has 29 heavy (non-hydrogen) atoms. The number of alkyl halides is 3. The molecule has 2 heterocycles. The van der Waals surface area contributed by atoms with Crippen LogP contribution in [0, 0.1) is 0 Å². The molecule has 1 amide bonds. The molecule has 0 unspecified atom stereocenters. The third-order valence-electron chi connectivity index (χ3n) is 4.18. The van der Waals surface area contributed by atoms with Crippen LogP contribution in [0.2, 0.25) is 0 Å². The van der Waals surface area contributed by atoms with Crippen molar-refractivity contribution in [3.63, 3.8) is 0 Å². The fourth-order valence-electron chi connectivity index (χ4n) is 2.73. The molecule has 0 saturated carbocycles.